The predicted molar refractivity (Wildman–Crippen MR) is 102 cm³/mol. The van der Waals surface area contributed by atoms with Gasteiger partial charge in [-0.2, -0.15) is 0 Å². The smallest absolute Gasteiger partial charge is 0.166 e. The lowest BCUT2D eigenvalue weighted by Crippen LogP contribution is -2.14. The van der Waals surface area contributed by atoms with E-state index in [4.69, 9.17) is 0 Å². The summed E-state index contributed by atoms with van der Waals surface area (Å²) in [5.41, 5.74) is 3.11. The molecule has 0 aliphatic heterocycles. The van der Waals surface area contributed by atoms with Gasteiger partial charge in [0.05, 0.1) is 0 Å². The highest BCUT2D eigenvalue weighted by molar-refractivity contribution is 5.86. The lowest BCUT2D eigenvalue weighted by atomic mass is 9.80. The first-order valence-corrected chi connectivity index (χ1v) is 10.1. The fourth-order valence-corrected chi connectivity index (χ4v) is 4.21. The van der Waals surface area contributed by atoms with Crippen molar-refractivity contribution in [1.29, 1.82) is 0 Å². The molecule has 1 atom stereocenters. The van der Waals surface area contributed by atoms with Crippen LogP contribution in [0.1, 0.15) is 75.5 Å². The molecule has 2 aromatic carbocycles. The Kier molecular flexibility index (Phi) is 6.09. The van der Waals surface area contributed by atoms with Crippen molar-refractivity contribution in [3.05, 3.63) is 46.5 Å². The van der Waals surface area contributed by atoms with Gasteiger partial charge in [-0.15, -0.1) is 0 Å². The van der Waals surface area contributed by atoms with E-state index in [0.29, 0.717) is 23.3 Å². The minimum Gasteiger partial charge on any atom is -0.203 e. The van der Waals surface area contributed by atoms with Gasteiger partial charge in [-0.3, -0.25) is 0 Å². The molecule has 2 heteroatoms. The fourth-order valence-electron chi connectivity index (χ4n) is 4.21. The normalized spacial score (nSPS) is 17.0. The molecule has 1 aliphatic rings. The molecule has 0 spiro atoms. The van der Waals surface area contributed by atoms with Crippen molar-refractivity contribution in [2.24, 2.45) is 5.92 Å². The van der Waals surface area contributed by atoms with Crippen LogP contribution in [0.2, 0.25) is 0 Å². The number of benzene rings is 2. The van der Waals surface area contributed by atoms with Crippen LogP contribution < -0.4 is 0 Å². The predicted octanol–water partition coefficient (Wildman–Crippen LogP) is 7.15. The lowest BCUT2D eigenvalue weighted by molar-refractivity contribution is 0.413. The largest absolute Gasteiger partial charge is 0.203 e. The van der Waals surface area contributed by atoms with Gasteiger partial charge >= 0.3 is 0 Å². The summed E-state index contributed by atoms with van der Waals surface area (Å²) in [6.07, 6.45) is 10.7. The molecule has 2 aromatic rings. The molecule has 0 N–H and O–H groups in total. The van der Waals surface area contributed by atoms with Crippen molar-refractivity contribution in [2.75, 3.05) is 0 Å². The molecule has 1 aliphatic carbocycles. The number of rotatable bonds is 7. The highest BCUT2D eigenvalue weighted by Gasteiger charge is 2.21. The molecular formula is C23H30F2. The molecule has 0 heterocycles. The summed E-state index contributed by atoms with van der Waals surface area (Å²) < 4.78 is 29.1. The lowest BCUT2D eigenvalue weighted by Gasteiger charge is -2.25. The van der Waals surface area contributed by atoms with E-state index in [1.54, 1.807) is 0 Å². The van der Waals surface area contributed by atoms with Crippen LogP contribution in [0.15, 0.2) is 18.2 Å². The minimum absolute atomic E-state index is 0.464. The number of hydrogen-bond donors (Lipinski definition) is 0. The van der Waals surface area contributed by atoms with E-state index in [-0.39, 0.29) is 0 Å². The molecule has 136 valence electrons. The highest BCUT2D eigenvalue weighted by atomic mass is 19.2. The molecule has 0 saturated carbocycles. The maximum atomic E-state index is 14.7. The molecule has 3 rings (SSSR count). The molecule has 0 bridgehead atoms. The number of aryl methyl sites for hydroxylation is 2. The van der Waals surface area contributed by atoms with Crippen LogP contribution >= 0.6 is 0 Å². The van der Waals surface area contributed by atoms with E-state index in [1.807, 2.05) is 12.1 Å². The van der Waals surface area contributed by atoms with Crippen molar-refractivity contribution in [2.45, 2.75) is 78.1 Å². The quantitative estimate of drug-likeness (QED) is 0.468. The number of fused-ring (bicyclic) bond motifs is 2. The summed E-state index contributed by atoms with van der Waals surface area (Å²) in [5, 5.41) is 1.34. The van der Waals surface area contributed by atoms with Crippen LogP contribution in [0.3, 0.4) is 0 Å². The van der Waals surface area contributed by atoms with E-state index in [1.165, 1.54) is 36.8 Å². The Morgan fingerprint density at radius 2 is 1.72 bits per heavy atom. The first-order valence-electron chi connectivity index (χ1n) is 10.1. The molecule has 0 radical (unpaired) electrons. The minimum atomic E-state index is -0.650. The summed E-state index contributed by atoms with van der Waals surface area (Å²) in [6.45, 7) is 4.35. The zero-order valence-electron chi connectivity index (χ0n) is 15.6. The summed E-state index contributed by atoms with van der Waals surface area (Å²) >= 11 is 0. The Bertz CT molecular complexity index is 733. The molecule has 1 unspecified atom stereocenters. The Balaban J connectivity index is 1.91. The third-order valence-corrected chi connectivity index (χ3v) is 5.76. The summed E-state index contributed by atoms with van der Waals surface area (Å²) in [7, 11) is 0. The first-order chi connectivity index (χ1) is 12.1. The Hall–Kier alpha value is -1.44. The summed E-state index contributed by atoms with van der Waals surface area (Å²) in [5.74, 6) is -0.587. The molecular weight excluding hydrogens is 314 g/mol. The zero-order valence-corrected chi connectivity index (χ0v) is 15.6. The van der Waals surface area contributed by atoms with Crippen molar-refractivity contribution in [1.82, 2.24) is 0 Å². The molecule has 0 aromatic heterocycles. The molecule has 0 nitrogen and oxygen atoms in total. The van der Waals surface area contributed by atoms with Crippen molar-refractivity contribution < 1.29 is 8.78 Å². The van der Waals surface area contributed by atoms with E-state index in [2.05, 4.69) is 19.9 Å². The van der Waals surface area contributed by atoms with Gasteiger partial charge in [-0.05, 0) is 72.2 Å². The molecule has 0 saturated heterocycles. The van der Waals surface area contributed by atoms with Crippen LogP contribution in [0.4, 0.5) is 8.78 Å². The molecule has 0 fully saturated rings. The number of hydrogen-bond acceptors (Lipinski definition) is 0. The molecule has 25 heavy (non-hydrogen) atoms. The summed E-state index contributed by atoms with van der Waals surface area (Å²) in [6, 6.07) is 5.93. The zero-order chi connectivity index (χ0) is 17.8. The van der Waals surface area contributed by atoms with Gasteiger partial charge in [0, 0.05) is 5.39 Å². The second kappa shape index (κ2) is 8.29. The van der Waals surface area contributed by atoms with Crippen molar-refractivity contribution in [3.63, 3.8) is 0 Å². The van der Waals surface area contributed by atoms with Gasteiger partial charge < -0.3 is 0 Å². The van der Waals surface area contributed by atoms with Gasteiger partial charge in [0.2, 0.25) is 0 Å². The second-order valence-electron chi connectivity index (χ2n) is 7.71. The maximum absolute atomic E-state index is 14.7. The Morgan fingerprint density at radius 3 is 2.48 bits per heavy atom. The van der Waals surface area contributed by atoms with E-state index < -0.39 is 11.6 Å². The Labute approximate surface area is 150 Å². The number of unbranched alkanes of at least 4 members (excludes halogenated alkanes) is 3. The van der Waals surface area contributed by atoms with E-state index >= 15 is 0 Å². The van der Waals surface area contributed by atoms with Crippen molar-refractivity contribution >= 4 is 10.8 Å². The van der Waals surface area contributed by atoms with Crippen LogP contribution in [0.5, 0.6) is 0 Å². The number of halogens is 2. The summed E-state index contributed by atoms with van der Waals surface area (Å²) in [4.78, 5) is 0. The van der Waals surface area contributed by atoms with Gasteiger partial charge in [-0.25, -0.2) is 8.78 Å². The van der Waals surface area contributed by atoms with Gasteiger partial charge in [0.1, 0.15) is 0 Å². The van der Waals surface area contributed by atoms with Gasteiger partial charge in [0.15, 0.2) is 11.6 Å². The van der Waals surface area contributed by atoms with Gasteiger partial charge in [-0.1, -0.05) is 52.0 Å². The topological polar surface area (TPSA) is 0 Å². The standard InChI is InChI=1S/C23H30F2/c1-3-5-7-9-18-14-20-13-17-11-10-16(8-6-4-2)12-19(17)15-21(20)23(25)22(18)24/h13-16H,3-12H2,1-2H3. The molecule has 0 amide bonds. The first kappa shape index (κ1) is 18.4. The van der Waals surface area contributed by atoms with Crippen LogP contribution in [-0.4, -0.2) is 0 Å². The fraction of sp³-hybridized carbons (Fsp3) is 0.565. The average Bonchev–Trinajstić information content (AvgIpc) is 2.63. The van der Waals surface area contributed by atoms with Crippen LogP contribution in [0, 0.1) is 17.6 Å². The van der Waals surface area contributed by atoms with E-state index in [0.717, 1.165) is 37.5 Å². The highest BCUT2D eigenvalue weighted by Crippen LogP contribution is 2.34. The maximum Gasteiger partial charge on any atom is 0.166 e. The SMILES string of the molecule is CCCCCc1cc2cc3c(cc2c(F)c1F)CC(CCCC)CC3. The monoisotopic (exact) mass is 344 g/mol. The third kappa shape index (κ3) is 4.04. The van der Waals surface area contributed by atoms with Crippen LogP contribution in [-0.2, 0) is 19.3 Å². The van der Waals surface area contributed by atoms with Gasteiger partial charge in [0.25, 0.3) is 0 Å². The van der Waals surface area contributed by atoms with Crippen LogP contribution in [0.25, 0.3) is 10.8 Å². The second-order valence-corrected chi connectivity index (χ2v) is 7.71. The third-order valence-electron chi connectivity index (χ3n) is 5.76. The average molecular weight is 344 g/mol. The Morgan fingerprint density at radius 1 is 0.920 bits per heavy atom. The van der Waals surface area contributed by atoms with Crippen molar-refractivity contribution in [3.8, 4) is 0 Å². The van der Waals surface area contributed by atoms with E-state index in [9.17, 15) is 8.78 Å².